The molecule has 0 N–H and O–H groups in total. The van der Waals surface area contributed by atoms with Crippen LogP contribution >= 0.6 is 27.3 Å². The van der Waals surface area contributed by atoms with Crippen LogP contribution in [-0.2, 0) is 6.54 Å². The second-order valence-electron chi connectivity index (χ2n) is 1.45. The average molecular weight is 193 g/mol. The minimum atomic E-state index is 1.04. The van der Waals surface area contributed by atoms with Crippen LogP contribution in [-0.4, -0.2) is 5.33 Å². The van der Waals surface area contributed by atoms with Crippen LogP contribution in [0.3, 0.4) is 0 Å². The summed E-state index contributed by atoms with van der Waals surface area (Å²) in [7, 11) is 0. The highest BCUT2D eigenvalue weighted by atomic mass is 79.9. The predicted octanol–water partition coefficient (Wildman–Crippen LogP) is 1.43. The summed E-state index contributed by atoms with van der Waals surface area (Å²) in [5.41, 5.74) is 2.10. The molecule has 1 aromatic heterocycles. The molecule has 0 unspecified atom stereocenters. The zero-order chi connectivity index (χ0) is 5.82. The second kappa shape index (κ2) is 3.20. The van der Waals surface area contributed by atoms with E-state index < -0.39 is 0 Å². The van der Waals surface area contributed by atoms with Gasteiger partial charge in [0.2, 0.25) is 5.51 Å². The van der Waals surface area contributed by atoms with E-state index in [2.05, 4.69) is 37.6 Å². The summed E-state index contributed by atoms with van der Waals surface area (Å²) < 4.78 is 2.15. The van der Waals surface area contributed by atoms with Crippen LogP contribution in [0.5, 0.6) is 0 Å². The monoisotopic (exact) mass is 192 g/mol. The number of rotatable bonds is 2. The lowest BCUT2D eigenvalue weighted by molar-refractivity contribution is -0.687. The Morgan fingerprint density at radius 3 is 3.00 bits per heavy atom. The van der Waals surface area contributed by atoms with E-state index >= 15 is 0 Å². The van der Waals surface area contributed by atoms with Crippen LogP contribution in [0.4, 0.5) is 0 Å². The lowest BCUT2D eigenvalue weighted by Crippen LogP contribution is -2.30. The van der Waals surface area contributed by atoms with Gasteiger partial charge in [-0.1, -0.05) is 27.3 Å². The summed E-state index contributed by atoms with van der Waals surface area (Å²) in [5, 5.41) is 3.11. The fourth-order valence-electron chi connectivity index (χ4n) is 0.487. The highest BCUT2D eigenvalue weighted by molar-refractivity contribution is 9.09. The molecule has 1 heterocycles. The third-order valence-corrected chi connectivity index (χ3v) is 1.90. The van der Waals surface area contributed by atoms with Gasteiger partial charge in [-0.15, -0.1) is 0 Å². The molecule has 0 bridgehead atoms. The van der Waals surface area contributed by atoms with Crippen molar-refractivity contribution in [3.63, 3.8) is 0 Å². The second-order valence-corrected chi connectivity index (χ2v) is 3.00. The molecule has 0 radical (unpaired) electrons. The molecule has 0 aliphatic heterocycles. The predicted molar refractivity (Wildman–Crippen MR) is 38.3 cm³/mol. The van der Waals surface area contributed by atoms with Crippen molar-refractivity contribution < 1.29 is 4.57 Å². The first-order valence-corrected chi connectivity index (χ1v) is 4.47. The number of aryl methyl sites for hydroxylation is 1. The number of hydrogen-bond acceptors (Lipinski definition) is 1. The number of thiazole rings is 1. The first-order valence-electron chi connectivity index (χ1n) is 2.40. The van der Waals surface area contributed by atoms with Gasteiger partial charge in [-0.25, -0.2) is 0 Å². The lowest BCUT2D eigenvalue weighted by atomic mass is 10.7. The van der Waals surface area contributed by atoms with Crippen molar-refractivity contribution in [1.82, 2.24) is 0 Å². The Kier molecular flexibility index (Phi) is 2.49. The van der Waals surface area contributed by atoms with Gasteiger partial charge in [0, 0.05) is 0 Å². The van der Waals surface area contributed by atoms with E-state index in [1.54, 1.807) is 11.3 Å². The SMILES string of the molecule is BrCC[n+]1ccsc1. The third kappa shape index (κ3) is 1.56. The summed E-state index contributed by atoms with van der Waals surface area (Å²) in [6.07, 6.45) is 2.08. The quantitative estimate of drug-likeness (QED) is 0.494. The molecule has 0 amide bonds. The zero-order valence-corrected chi connectivity index (χ0v) is 6.78. The minimum absolute atomic E-state index is 1.04. The summed E-state index contributed by atoms with van der Waals surface area (Å²) in [6, 6.07) is 0. The smallest absolute Gasteiger partial charge is 0.195 e. The van der Waals surface area contributed by atoms with E-state index in [1.807, 2.05) is 0 Å². The number of aromatic nitrogens is 1. The molecule has 0 saturated carbocycles. The maximum Gasteiger partial charge on any atom is 0.224 e. The van der Waals surface area contributed by atoms with Crippen molar-refractivity contribution in [1.29, 1.82) is 0 Å². The fraction of sp³-hybridized carbons (Fsp3) is 0.400. The van der Waals surface area contributed by atoms with E-state index in [4.69, 9.17) is 0 Å². The molecule has 1 nitrogen and oxygen atoms in total. The van der Waals surface area contributed by atoms with E-state index in [0.717, 1.165) is 11.9 Å². The van der Waals surface area contributed by atoms with Crippen molar-refractivity contribution in [2.45, 2.75) is 6.54 Å². The minimum Gasteiger partial charge on any atom is -0.195 e. The molecule has 8 heavy (non-hydrogen) atoms. The fourth-order valence-corrected chi connectivity index (χ4v) is 1.52. The van der Waals surface area contributed by atoms with Gasteiger partial charge in [0.15, 0.2) is 12.7 Å². The molecular formula is C5H7BrNS+. The van der Waals surface area contributed by atoms with Crippen molar-refractivity contribution >= 4 is 27.3 Å². The van der Waals surface area contributed by atoms with Crippen LogP contribution in [0.1, 0.15) is 0 Å². The van der Waals surface area contributed by atoms with Crippen LogP contribution < -0.4 is 4.57 Å². The van der Waals surface area contributed by atoms with Crippen LogP contribution in [0.15, 0.2) is 17.1 Å². The van der Waals surface area contributed by atoms with E-state index in [1.165, 1.54) is 0 Å². The maximum atomic E-state index is 3.35. The Morgan fingerprint density at radius 2 is 2.50 bits per heavy atom. The third-order valence-electron chi connectivity index (χ3n) is 0.870. The van der Waals surface area contributed by atoms with Gasteiger partial charge in [0.1, 0.15) is 0 Å². The van der Waals surface area contributed by atoms with E-state index in [9.17, 15) is 0 Å². The van der Waals surface area contributed by atoms with Gasteiger partial charge in [-0.2, -0.15) is 4.57 Å². The highest BCUT2D eigenvalue weighted by Crippen LogP contribution is 1.88. The van der Waals surface area contributed by atoms with Crippen molar-refractivity contribution in [2.24, 2.45) is 0 Å². The van der Waals surface area contributed by atoms with Crippen LogP contribution in [0.25, 0.3) is 0 Å². The van der Waals surface area contributed by atoms with Gasteiger partial charge in [0.05, 0.1) is 10.7 Å². The first-order chi connectivity index (χ1) is 3.93. The molecule has 44 valence electrons. The van der Waals surface area contributed by atoms with Crippen molar-refractivity contribution in [3.05, 3.63) is 17.1 Å². The van der Waals surface area contributed by atoms with Crippen LogP contribution in [0.2, 0.25) is 0 Å². The van der Waals surface area contributed by atoms with Crippen molar-refractivity contribution in [3.8, 4) is 0 Å². The molecule has 0 saturated heterocycles. The Hall–Kier alpha value is 0.110. The molecule has 0 aliphatic rings. The molecule has 0 fully saturated rings. The molecule has 1 aromatic rings. The Morgan fingerprint density at radius 1 is 1.62 bits per heavy atom. The van der Waals surface area contributed by atoms with E-state index in [0.29, 0.717) is 0 Å². The normalized spacial score (nSPS) is 9.62. The summed E-state index contributed by atoms with van der Waals surface area (Å²) >= 11 is 5.08. The average Bonchev–Trinajstić information content (AvgIpc) is 2.19. The highest BCUT2D eigenvalue weighted by Gasteiger charge is 1.94. The van der Waals surface area contributed by atoms with Gasteiger partial charge in [0.25, 0.3) is 0 Å². The lowest BCUT2D eigenvalue weighted by Gasteiger charge is -1.80. The number of nitrogens with zero attached hydrogens (tertiary/aromatic N) is 1. The topological polar surface area (TPSA) is 3.88 Å². The molecule has 0 aromatic carbocycles. The maximum absolute atomic E-state index is 3.35. The summed E-state index contributed by atoms with van der Waals surface area (Å²) in [5.74, 6) is 0. The molecule has 0 spiro atoms. The molecule has 3 heteroatoms. The molecule has 0 atom stereocenters. The Balaban J connectivity index is 2.50. The molecular weight excluding hydrogens is 186 g/mol. The number of alkyl halides is 1. The molecule has 0 aliphatic carbocycles. The standard InChI is InChI=1S/C5H7BrNS/c6-1-2-7-3-4-8-5-7/h3-5H,1-2H2/q+1. The van der Waals surface area contributed by atoms with Gasteiger partial charge < -0.3 is 0 Å². The number of halogens is 1. The van der Waals surface area contributed by atoms with E-state index in [-0.39, 0.29) is 0 Å². The summed E-state index contributed by atoms with van der Waals surface area (Å²) in [4.78, 5) is 0. The number of hydrogen-bond donors (Lipinski definition) is 0. The van der Waals surface area contributed by atoms with Crippen LogP contribution in [0, 0.1) is 0 Å². The zero-order valence-electron chi connectivity index (χ0n) is 4.38. The molecule has 1 rings (SSSR count). The largest absolute Gasteiger partial charge is 0.224 e. The van der Waals surface area contributed by atoms with Gasteiger partial charge >= 0.3 is 0 Å². The van der Waals surface area contributed by atoms with Gasteiger partial charge in [-0.3, -0.25) is 0 Å². The van der Waals surface area contributed by atoms with Gasteiger partial charge in [-0.05, 0) is 0 Å². The Bertz CT molecular complexity index is 138. The summed E-state index contributed by atoms with van der Waals surface area (Å²) in [6.45, 7) is 1.07. The van der Waals surface area contributed by atoms with Crippen molar-refractivity contribution in [2.75, 3.05) is 5.33 Å². The Labute approximate surface area is 61.1 Å². The first kappa shape index (κ1) is 6.23.